The molecule has 0 aromatic carbocycles. The molecule has 0 spiro atoms. The monoisotopic (exact) mass is 168 g/mol. The minimum absolute atomic E-state index is 0.161. The van der Waals surface area contributed by atoms with Crippen molar-refractivity contribution >= 4 is 5.91 Å². The fourth-order valence-corrected chi connectivity index (χ4v) is 2.14. The van der Waals surface area contributed by atoms with Crippen LogP contribution in [0.4, 0.5) is 0 Å². The van der Waals surface area contributed by atoms with Crippen LogP contribution < -0.4 is 5.32 Å². The average Bonchev–Trinajstić information content (AvgIpc) is 2.05. The van der Waals surface area contributed by atoms with Crippen molar-refractivity contribution in [3.63, 3.8) is 0 Å². The van der Waals surface area contributed by atoms with Gasteiger partial charge < -0.3 is 10.2 Å². The predicted molar refractivity (Wildman–Crippen MR) is 46.7 cm³/mol. The Morgan fingerprint density at radius 1 is 1.42 bits per heavy atom. The number of nitrogens with one attached hydrogen (secondary N) is 1. The highest BCUT2D eigenvalue weighted by Gasteiger charge is 2.44. The molecule has 0 radical (unpaired) electrons. The molecule has 1 amide bonds. The minimum Gasteiger partial charge on any atom is -0.334 e. The van der Waals surface area contributed by atoms with Gasteiger partial charge in [-0.1, -0.05) is 13.8 Å². The van der Waals surface area contributed by atoms with E-state index >= 15 is 0 Å². The van der Waals surface area contributed by atoms with Gasteiger partial charge in [0.25, 0.3) is 0 Å². The standard InChI is InChI=1S/C9H16N2O/c1-6(2)9(12)11-7-3-8(11)5-10-4-7/h6-8,10H,3-5H2,1-2H3. The molecule has 3 heteroatoms. The smallest absolute Gasteiger partial charge is 0.225 e. The van der Waals surface area contributed by atoms with Crippen LogP contribution in [0.25, 0.3) is 0 Å². The first kappa shape index (κ1) is 8.05. The van der Waals surface area contributed by atoms with Crippen LogP contribution in [-0.4, -0.2) is 36.0 Å². The third-order valence-corrected chi connectivity index (χ3v) is 2.84. The Morgan fingerprint density at radius 2 is 2.00 bits per heavy atom. The Bertz CT molecular complexity index is 189. The lowest BCUT2D eigenvalue weighted by molar-refractivity contribution is -0.150. The van der Waals surface area contributed by atoms with Crippen molar-refractivity contribution in [1.82, 2.24) is 10.2 Å². The molecule has 3 aliphatic heterocycles. The number of hydrogen-bond donors (Lipinski definition) is 1. The summed E-state index contributed by atoms with van der Waals surface area (Å²) in [5, 5.41) is 3.31. The first-order valence-corrected chi connectivity index (χ1v) is 4.73. The maximum absolute atomic E-state index is 11.6. The van der Waals surface area contributed by atoms with Gasteiger partial charge in [0.15, 0.2) is 0 Å². The van der Waals surface area contributed by atoms with Crippen LogP contribution in [-0.2, 0) is 4.79 Å². The molecular formula is C9H16N2O. The van der Waals surface area contributed by atoms with Crippen LogP contribution in [0.15, 0.2) is 0 Å². The number of piperidine rings is 1. The van der Waals surface area contributed by atoms with Crippen molar-refractivity contribution in [3.05, 3.63) is 0 Å². The van der Waals surface area contributed by atoms with Crippen molar-refractivity contribution in [2.24, 2.45) is 5.92 Å². The maximum atomic E-state index is 11.6. The first-order chi connectivity index (χ1) is 5.70. The molecule has 1 N–H and O–H groups in total. The SMILES string of the molecule is CC(C)C(=O)N1C2CNCC1C2. The summed E-state index contributed by atoms with van der Waals surface area (Å²) < 4.78 is 0. The van der Waals surface area contributed by atoms with Crippen LogP contribution >= 0.6 is 0 Å². The van der Waals surface area contributed by atoms with Crippen LogP contribution in [0.1, 0.15) is 20.3 Å². The number of nitrogens with zero attached hydrogens (tertiary/aromatic N) is 1. The van der Waals surface area contributed by atoms with E-state index in [1.165, 1.54) is 6.42 Å². The normalized spacial score (nSPS) is 33.4. The average molecular weight is 168 g/mol. The summed E-state index contributed by atoms with van der Waals surface area (Å²) in [7, 11) is 0. The Hall–Kier alpha value is -0.570. The number of carbonyl (C=O) groups excluding carboxylic acids is 1. The number of fused-ring (bicyclic) bond motifs is 2. The van der Waals surface area contributed by atoms with Crippen molar-refractivity contribution in [3.8, 4) is 0 Å². The van der Waals surface area contributed by atoms with Gasteiger partial charge in [0.1, 0.15) is 0 Å². The van der Waals surface area contributed by atoms with Crippen molar-refractivity contribution in [1.29, 1.82) is 0 Å². The Kier molecular flexibility index (Phi) is 1.83. The number of piperazine rings is 1. The van der Waals surface area contributed by atoms with Crippen molar-refractivity contribution < 1.29 is 4.79 Å². The van der Waals surface area contributed by atoms with Gasteiger partial charge in [-0.25, -0.2) is 0 Å². The van der Waals surface area contributed by atoms with E-state index in [9.17, 15) is 4.79 Å². The second-order valence-electron chi connectivity index (χ2n) is 4.10. The molecule has 68 valence electrons. The molecule has 3 rings (SSSR count). The molecule has 0 aliphatic carbocycles. The summed E-state index contributed by atoms with van der Waals surface area (Å²) in [4.78, 5) is 13.7. The Balaban J connectivity index is 2.01. The second-order valence-corrected chi connectivity index (χ2v) is 4.10. The lowest BCUT2D eigenvalue weighted by Crippen LogP contribution is -2.69. The van der Waals surface area contributed by atoms with E-state index in [2.05, 4.69) is 10.2 Å². The van der Waals surface area contributed by atoms with E-state index in [-0.39, 0.29) is 5.92 Å². The van der Waals surface area contributed by atoms with Crippen molar-refractivity contribution in [2.45, 2.75) is 32.4 Å². The summed E-state index contributed by atoms with van der Waals surface area (Å²) in [6.07, 6.45) is 1.21. The fourth-order valence-electron chi connectivity index (χ4n) is 2.14. The molecule has 12 heavy (non-hydrogen) atoms. The predicted octanol–water partition coefficient (Wildman–Crippen LogP) is 0.215. The topological polar surface area (TPSA) is 32.3 Å². The summed E-state index contributed by atoms with van der Waals surface area (Å²) in [6, 6.07) is 0.997. The third kappa shape index (κ3) is 1.04. The summed E-state index contributed by atoms with van der Waals surface area (Å²) >= 11 is 0. The first-order valence-electron chi connectivity index (χ1n) is 4.73. The van der Waals surface area contributed by atoms with Crippen LogP contribution in [0, 0.1) is 5.92 Å². The molecule has 0 saturated carbocycles. The summed E-state index contributed by atoms with van der Waals surface area (Å²) in [6.45, 7) is 5.94. The van der Waals surface area contributed by atoms with E-state index < -0.39 is 0 Å². The van der Waals surface area contributed by atoms with E-state index in [0.29, 0.717) is 18.0 Å². The zero-order chi connectivity index (χ0) is 8.72. The van der Waals surface area contributed by atoms with Gasteiger partial charge in [-0.05, 0) is 6.42 Å². The molecule has 2 bridgehead atoms. The van der Waals surface area contributed by atoms with Crippen molar-refractivity contribution in [2.75, 3.05) is 13.1 Å². The molecule has 3 saturated heterocycles. The number of amides is 1. The molecule has 2 atom stereocenters. The fraction of sp³-hybridized carbons (Fsp3) is 0.889. The van der Waals surface area contributed by atoms with Gasteiger partial charge in [0.2, 0.25) is 5.91 Å². The van der Waals surface area contributed by atoms with Gasteiger partial charge in [-0.15, -0.1) is 0 Å². The molecule has 3 nitrogen and oxygen atoms in total. The lowest BCUT2D eigenvalue weighted by atomic mass is 9.87. The Morgan fingerprint density at radius 3 is 2.42 bits per heavy atom. The van der Waals surface area contributed by atoms with Crippen LogP contribution in [0.3, 0.4) is 0 Å². The van der Waals surface area contributed by atoms with Gasteiger partial charge in [-0.3, -0.25) is 4.79 Å². The molecule has 0 aromatic heterocycles. The quantitative estimate of drug-likeness (QED) is 0.607. The molecule has 2 unspecified atom stereocenters. The minimum atomic E-state index is 0.161. The second kappa shape index (κ2) is 2.73. The largest absolute Gasteiger partial charge is 0.334 e. The molecule has 0 aromatic rings. The van der Waals surface area contributed by atoms with E-state index in [1.807, 2.05) is 13.8 Å². The molecule has 3 heterocycles. The zero-order valence-corrected chi connectivity index (χ0v) is 7.71. The summed E-state index contributed by atoms with van der Waals surface area (Å²) in [5.74, 6) is 0.492. The van der Waals surface area contributed by atoms with Gasteiger partial charge in [-0.2, -0.15) is 0 Å². The number of hydrogen-bond acceptors (Lipinski definition) is 2. The van der Waals surface area contributed by atoms with Crippen LogP contribution in [0.5, 0.6) is 0 Å². The van der Waals surface area contributed by atoms with Crippen LogP contribution in [0.2, 0.25) is 0 Å². The Labute approximate surface area is 73.1 Å². The lowest BCUT2D eigenvalue weighted by Gasteiger charge is -2.53. The highest BCUT2D eigenvalue weighted by molar-refractivity contribution is 5.80. The highest BCUT2D eigenvalue weighted by atomic mass is 16.2. The third-order valence-electron chi connectivity index (χ3n) is 2.84. The molecule has 3 fully saturated rings. The van der Waals surface area contributed by atoms with Gasteiger partial charge in [0, 0.05) is 31.1 Å². The van der Waals surface area contributed by atoms with Gasteiger partial charge in [0.05, 0.1) is 0 Å². The number of rotatable bonds is 1. The number of carbonyl (C=O) groups is 1. The van der Waals surface area contributed by atoms with E-state index in [4.69, 9.17) is 0 Å². The molecule has 3 aliphatic rings. The van der Waals surface area contributed by atoms with Gasteiger partial charge >= 0.3 is 0 Å². The van der Waals surface area contributed by atoms with E-state index in [0.717, 1.165) is 13.1 Å². The zero-order valence-electron chi connectivity index (χ0n) is 7.71. The molecular weight excluding hydrogens is 152 g/mol. The highest BCUT2D eigenvalue weighted by Crippen LogP contribution is 2.29. The maximum Gasteiger partial charge on any atom is 0.225 e. The van der Waals surface area contributed by atoms with E-state index in [1.54, 1.807) is 0 Å². The summed E-state index contributed by atoms with van der Waals surface area (Å²) in [5.41, 5.74) is 0.